The van der Waals surface area contributed by atoms with Crippen LogP contribution in [-0.4, -0.2) is 53.3 Å². The molecule has 2 amide bonds. The first-order valence-corrected chi connectivity index (χ1v) is 7.55. The third-order valence-electron chi connectivity index (χ3n) is 4.32. The van der Waals surface area contributed by atoms with E-state index in [1.165, 1.54) is 6.26 Å². The van der Waals surface area contributed by atoms with E-state index in [9.17, 15) is 9.59 Å². The van der Waals surface area contributed by atoms with Crippen molar-refractivity contribution in [2.24, 2.45) is 5.73 Å². The van der Waals surface area contributed by atoms with E-state index in [1.54, 1.807) is 21.9 Å². The molecule has 0 aliphatic carbocycles. The summed E-state index contributed by atoms with van der Waals surface area (Å²) in [6.07, 6.45) is 4.93. The molecule has 6 nitrogen and oxygen atoms in total. The van der Waals surface area contributed by atoms with Crippen LogP contribution in [0.5, 0.6) is 0 Å². The lowest BCUT2D eigenvalue weighted by Crippen LogP contribution is -2.52. The predicted octanol–water partition coefficient (Wildman–Crippen LogP) is 0.834. The molecule has 2 aliphatic rings. The zero-order valence-electron chi connectivity index (χ0n) is 12.0. The average Bonchev–Trinajstić information content (AvgIpc) is 3.17. The molecule has 6 heteroatoms. The maximum Gasteiger partial charge on any atom is 0.290 e. The van der Waals surface area contributed by atoms with Crippen molar-refractivity contribution in [3.63, 3.8) is 0 Å². The van der Waals surface area contributed by atoms with Crippen molar-refractivity contribution in [2.75, 3.05) is 19.6 Å². The fourth-order valence-corrected chi connectivity index (χ4v) is 3.17. The van der Waals surface area contributed by atoms with Crippen LogP contribution in [0.2, 0.25) is 0 Å². The average molecular weight is 291 g/mol. The Hall–Kier alpha value is -1.82. The van der Waals surface area contributed by atoms with E-state index in [0.717, 1.165) is 25.7 Å². The molecule has 1 aromatic rings. The molecule has 0 saturated carbocycles. The fraction of sp³-hybridized carbons (Fsp3) is 0.600. The third kappa shape index (κ3) is 2.81. The Kier molecular flexibility index (Phi) is 3.96. The molecule has 1 aromatic heterocycles. The summed E-state index contributed by atoms with van der Waals surface area (Å²) in [4.78, 5) is 28.6. The Morgan fingerprint density at radius 2 is 2.10 bits per heavy atom. The van der Waals surface area contributed by atoms with Gasteiger partial charge in [-0.25, -0.2) is 0 Å². The van der Waals surface area contributed by atoms with Crippen molar-refractivity contribution < 1.29 is 14.0 Å². The molecule has 2 aliphatic heterocycles. The van der Waals surface area contributed by atoms with Crippen molar-refractivity contribution in [3.8, 4) is 0 Å². The van der Waals surface area contributed by atoms with Crippen LogP contribution in [-0.2, 0) is 4.79 Å². The van der Waals surface area contributed by atoms with Crippen LogP contribution < -0.4 is 5.73 Å². The van der Waals surface area contributed by atoms with Gasteiger partial charge in [-0.3, -0.25) is 9.59 Å². The molecule has 3 rings (SSSR count). The largest absolute Gasteiger partial charge is 0.459 e. The summed E-state index contributed by atoms with van der Waals surface area (Å²) >= 11 is 0. The number of nitrogens with two attached hydrogens (primary N) is 1. The number of furan rings is 1. The summed E-state index contributed by atoms with van der Waals surface area (Å²) in [5, 5.41) is 0. The van der Waals surface area contributed by atoms with Gasteiger partial charge < -0.3 is 20.0 Å². The smallest absolute Gasteiger partial charge is 0.290 e. The van der Waals surface area contributed by atoms with Crippen molar-refractivity contribution >= 4 is 11.8 Å². The Bertz CT molecular complexity index is 514. The standard InChI is InChI=1S/C15H21N3O3/c16-11-6-8-17(10-11)14(19)12-4-1-2-7-18(12)15(20)13-5-3-9-21-13/h3,5,9,11-12H,1-2,4,6-8,10,16H2/t11-,12?/m1/s1. The van der Waals surface area contributed by atoms with E-state index in [-0.39, 0.29) is 23.9 Å². The molecule has 2 fully saturated rings. The number of piperidine rings is 1. The maximum atomic E-state index is 12.7. The molecule has 0 radical (unpaired) electrons. The van der Waals surface area contributed by atoms with Crippen LogP contribution in [0, 0.1) is 0 Å². The van der Waals surface area contributed by atoms with Gasteiger partial charge in [-0.1, -0.05) is 0 Å². The second kappa shape index (κ2) is 5.89. The SMILES string of the molecule is N[C@@H]1CCN(C(=O)C2CCCCN2C(=O)c2ccco2)C1. The molecule has 2 saturated heterocycles. The first-order chi connectivity index (χ1) is 10.2. The molecule has 0 spiro atoms. The monoisotopic (exact) mass is 291 g/mol. The van der Waals surface area contributed by atoms with Gasteiger partial charge in [-0.15, -0.1) is 0 Å². The minimum atomic E-state index is -0.373. The Morgan fingerprint density at radius 3 is 2.76 bits per heavy atom. The van der Waals surface area contributed by atoms with Crippen LogP contribution in [0.4, 0.5) is 0 Å². The highest BCUT2D eigenvalue weighted by atomic mass is 16.3. The summed E-state index contributed by atoms with van der Waals surface area (Å²) < 4.78 is 5.18. The predicted molar refractivity (Wildman–Crippen MR) is 76.6 cm³/mol. The highest BCUT2D eigenvalue weighted by Crippen LogP contribution is 2.23. The summed E-state index contributed by atoms with van der Waals surface area (Å²) in [6, 6.07) is 3.02. The van der Waals surface area contributed by atoms with Crippen LogP contribution in [0.1, 0.15) is 36.2 Å². The van der Waals surface area contributed by atoms with Crippen molar-refractivity contribution in [1.29, 1.82) is 0 Å². The van der Waals surface area contributed by atoms with Gasteiger partial charge >= 0.3 is 0 Å². The molecule has 2 atom stereocenters. The number of hydrogen-bond acceptors (Lipinski definition) is 4. The highest BCUT2D eigenvalue weighted by Gasteiger charge is 2.37. The van der Waals surface area contributed by atoms with E-state index in [0.29, 0.717) is 25.4 Å². The third-order valence-corrected chi connectivity index (χ3v) is 4.32. The lowest BCUT2D eigenvalue weighted by molar-refractivity contribution is -0.136. The van der Waals surface area contributed by atoms with Gasteiger partial charge in [0.1, 0.15) is 6.04 Å². The lowest BCUT2D eigenvalue weighted by Gasteiger charge is -2.36. The molecule has 2 N–H and O–H groups in total. The molecule has 1 unspecified atom stereocenters. The van der Waals surface area contributed by atoms with Crippen LogP contribution >= 0.6 is 0 Å². The molecular formula is C15H21N3O3. The Morgan fingerprint density at radius 1 is 1.24 bits per heavy atom. The molecule has 0 bridgehead atoms. The lowest BCUT2D eigenvalue weighted by atomic mass is 10.0. The first-order valence-electron chi connectivity index (χ1n) is 7.55. The van der Waals surface area contributed by atoms with Crippen molar-refractivity contribution in [2.45, 2.75) is 37.8 Å². The summed E-state index contributed by atoms with van der Waals surface area (Å²) in [6.45, 7) is 1.90. The maximum absolute atomic E-state index is 12.7. The van der Waals surface area contributed by atoms with E-state index < -0.39 is 0 Å². The highest BCUT2D eigenvalue weighted by molar-refractivity contribution is 5.95. The van der Waals surface area contributed by atoms with Crippen LogP contribution in [0.25, 0.3) is 0 Å². The molecule has 0 aromatic carbocycles. The van der Waals surface area contributed by atoms with Gasteiger partial charge in [0.05, 0.1) is 6.26 Å². The van der Waals surface area contributed by atoms with E-state index >= 15 is 0 Å². The minimum Gasteiger partial charge on any atom is -0.459 e. The summed E-state index contributed by atoms with van der Waals surface area (Å²) in [5.74, 6) is 0.136. The van der Waals surface area contributed by atoms with Gasteiger partial charge in [0.2, 0.25) is 5.91 Å². The van der Waals surface area contributed by atoms with Gasteiger partial charge in [0.25, 0.3) is 5.91 Å². The van der Waals surface area contributed by atoms with Gasteiger partial charge in [-0.2, -0.15) is 0 Å². The van der Waals surface area contributed by atoms with E-state index in [4.69, 9.17) is 10.2 Å². The number of rotatable bonds is 2. The quantitative estimate of drug-likeness (QED) is 0.875. The second-order valence-electron chi connectivity index (χ2n) is 5.82. The number of likely N-dealkylation sites (tertiary alicyclic amines) is 2. The molecule has 114 valence electrons. The number of carbonyl (C=O) groups is 2. The molecule has 21 heavy (non-hydrogen) atoms. The van der Waals surface area contributed by atoms with Crippen LogP contribution in [0.15, 0.2) is 22.8 Å². The van der Waals surface area contributed by atoms with Crippen LogP contribution in [0.3, 0.4) is 0 Å². The zero-order valence-corrected chi connectivity index (χ0v) is 12.0. The number of amides is 2. The molecule has 3 heterocycles. The minimum absolute atomic E-state index is 0.0301. The van der Waals surface area contributed by atoms with E-state index in [2.05, 4.69) is 0 Å². The summed E-state index contributed by atoms with van der Waals surface area (Å²) in [7, 11) is 0. The Labute approximate surface area is 123 Å². The normalized spacial score (nSPS) is 26.1. The molecular weight excluding hydrogens is 270 g/mol. The summed E-state index contributed by atoms with van der Waals surface area (Å²) in [5.41, 5.74) is 5.87. The van der Waals surface area contributed by atoms with Crippen molar-refractivity contribution in [1.82, 2.24) is 9.80 Å². The topological polar surface area (TPSA) is 79.8 Å². The number of carbonyl (C=O) groups excluding carboxylic acids is 2. The Balaban J connectivity index is 1.75. The van der Waals surface area contributed by atoms with E-state index in [1.807, 2.05) is 0 Å². The number of hydrogen-bond donors (Lipinski definition) is 1. The second-order valence-corrected chi connectivity index (χ2v) is 5.82. The van der Waals surface area contributed by atoms with Gasteiger partial charge in [0, 0.05) is 25.7 Å². The fourth-order valence-electron chi connectivity index (χ4n) is 3.17. The van der Waals surface area contributed by atoms with Gasteiger partial charge in [-0.05, 0) is 37.8 Å². The zero-order chi connectivity index (χ0) is 14.8. The van der Waals surface area contributed by atoms with Gasteiger partial charge in [0.15, 0.2) is 5.76 Å². The first kappa shape index (κ1) is 14.1. The number of nitrogens with zero attached hydrogens (tertiary/aromatic N) is 2. The van der Waals surface area contributed by atoms with Crippen molar-refractivity contribution in [3.05, 3.63) is 24.2 Å².